The number of hydrogen-bond donors (Lipinski definition) is 1. The highest BCUT2D eigenvalue weighted by Gasteiger charge is 2.18. The van der Waals surface area contributed by atoms with Crippen molar-refractivity contribution in [2.45, 2.75) is 4.90 Å². The molecule has 21 heavy (non-hydrogen) atoms. The van der Waals surface area contributed by atoms with Crippen molar-refractivity contribution in [1.29, 1.82) is 0 Å². The molecule has 1 N–H and O–H groups in total. The van der Waals surface area contributed by atoms with Crippen LogP contribution in [-0.2, 0) is 10.0 Å². The van der Waals surface area contributed by atoms with Gasteiger partial charge in [0.15, 0.2) is 0 Å². The van der Waals surface area contributed by atoms with Crippen LogP contribution in [0, 0.1) is 0 Å². The maximum absolute atomic E-state index is 12.5. The average molecular weight is 321 g/mol. The second-order valence-electron chi connectivity index (χ2n) is 4.14. The van der Waals surface area contributed by atoms with Crippen molar-refractivity contribution < 1.29 is 8.42 Å². The van der Waals surface area contributed by atoms with Crippen LogP contribution in [0.2, 0.25) is 5.28 Å². The lowest BCUT2D eigenvalue weighted by Crippen LogP contribution is -2.14. The van der Waals surface area contributed by atoms with E-state index in [-0.39, 0.29) is 16.0 Å². The van der Waals surface area contributed by atoms with E-state index in [1.165, 1.54) is 18.3 Å². The minimum absolute atomic E-state index is 0.0326. The third kappa shape index (κ3) is 2.79. The monoisotopic (exact) mass is 320 g/mol. The number of halogens is 1. The first kappa shape index (κ1) is 13.7. The number of aromatic nitrogens is 3. The van der Waals surface area contributed by atoms with E-state index in [0.29, 0.717) is 10.9 Å². The van der Waals surface area contributed by atoms with E-state index < -0.39 is 10.0 Å². The largest absolute Gasteiger partial charge is 0.263 e. The third-order valence-corrected chi connectivity index (χ3v) is 4.36. The van der Waals surface area contributed by atoms with Crippen molar-refractivity contribution in [3.63, 3.8) is 0 Å². The Hall–Kier alpha value is -2.25. The molecule has 0 aliphatic rings. The van der Waals surface area contributed by atoms with E-state index in [9.17, 15) is 8.42 Å². The van der Waals surface area contributed by atoms with Crippen molar-refractivity contribution in [3.8, 4) is 0 Å². The van der Waals surface area contributed by atoms with Crippen LogP contribution in [0.4, 0.5) is 5.82 Å². The van der Waals surface area contributed by atoms with Crippen LogP contribution in [-0.4, -0.2) is 23.4 Å². The third-order valence-electron chi connectivity index (χ3n) is 2.76. The summed E-state index contributed by atoms with van der Waals surface area (Å²) in [6, 6.07) is 9.70. The van der Waals surface area contributed by atoms with Crippen molar-refractivity contribution >= 4 is 38.3 Å². The van der Waals surface area contributed by atoms with Gasteiger partial charge in [-0.05, 0) is 41.9 Å². The molecular weight excluding hydrogens is 312 g/mol. The van der Waals surface area contributed by atoms with Crippen LogP contribution in [0.5, 0.6) is 0 Å². The zero-order valence-corrected chi connectivity index (χ0v) is 12.1. The fourth-order valence-corrected chi connectivity index (χ4v) is 3.26. The van der Waals surface area contributed by atoms with Crippen LogP contribution in [0.3, 0.4) is 0 Å². The summed E-state index contributed by atoms with van der Waals surface area (Å²) in [5.41, 5.74) is 0.598. The van der Waals surface area contributed by atoms with E-state index in [1.807, 2.05) is 0 Å². The first-order chi connectivity index (χ1) is 10.1. The van der Waals surface area contributed by atoms with Crippen LogP contribution >= 0.6 is 11.6 Å². The molecule has 3 rings (SSSR count). The summed E-state index contributed by atoms with van der Waals surface area (Å²) in [6.45, 7) is 0. The lowest BCUT2D eigenvalue weighted by atomic mass is 10.2. The van der Waals surface area contributed by atoms with Gasteiger partial charge in [-0.15, -0.1) is 0 Å². The molecule has 2 heterocycles. The number of pyridine rings is 1. The van der Waals surface area contributed by atoms with Crippen molar-refractivity contribution in [3.05, 3.63) is 54.1 Å². The highest BCUT2D eigenvalue weighted by molar-refractivity contribution is 7.93. The summed E-state index contributed by atoms with van der Waals surface area (Å²) in [4.78, 5) is 11.8. The standard InChI is InChI=1S/C13H9ClN4O2S/c14-13-16-8-6-12(17-13)18-21(19,20)11-5-1-4-10-9(11)3-2-7-15-10/h1-8H,(H,16,17,18). The van der Waals surface area contributed by atoms with Gasteiger partial charge in [-0.1, -0.05) is 6.07 Å². The molecule has 0 aliphatic carbocycles. The number of benzene rings is 1. The van der Waals surface area contributed by atoms with Crippen LogP contribution in [0.1, 0.15) is 0 Å². The van der Waals surface area contributed by atoms with Gasteiger partial charge in [0.05, 0.1) is 10.4 Å². The summed E-state index contributed by atoms with van der Waals surface area (Å²) in [7, 11) is -3.80. The minimum atomic E-state index is -3.80. The lowest BCUT2D eigenvalue weighted by Gasteiger charge is -2.09. The van der Waals surface area contributed by atoms with Gasteiger partial charge in [-0.25, -0.2) is 13.4 Å². The van der Waals surface area contributed by atoms with Gasteiger partial charge in [0.1, 0.15) is 5.82 Å². The maximum Gasteiger partial charge on any atom is 0.263 e. The van der Waals surface area contributed by atoms with E-state index in [2.05, 4.69) is 19.7 Å². The molecule has 3 aromatic rings. The molecule has 0 spiro atoms. The molecule has 0 atom stereocenters. The molecule has 0 fully saturated rings. The highest BCUT2D eigenvalue weighted by Crippen LogP contribution is 2.23. The fraction of sp³-hybridized carbons (Fsp3) is 0. The van der Waals surface area contributed by atoms with E-state index in [1.54, 1.807) is 30.5 Å². The Bertz CT molecular complexity index is 909. The maximum atomic E-state index is 12.5. The normalized spacial score (nSPS) is 11.5. The molecule has 0 saturated carbocycles. The first-order valence-corrected chi connectivity index (χ1v) is 7.77. The number of anilines is 1. The van der Waals surface area contributed by atoms with Gasteiger partial charge in [-0.2, -0.15) is 4.98 Å². The zero-order valence-electron chi connectivity index (χ0n) is 10.6. The van der Waals surface area contributed by atoms with E-state index in [0.717, 1.165) is 0 Å². The Kier molecular flexibility index (Phi) is 3.44. The Balaban J connectivity index is 2.09. The second-order valence-corrected chi connectivity index (χ2v) is 6.13. The van der Waals surface area contributed by atoms with Gasteiger partial charge in [0, 0.05) is 17.8 Å². The molecular formula is C13H9ClN4O2S. The Morgan fingerprint density at radius 2 is 1.86 bits per heavy atom. The van der Waals surface area contributed by atoms with Crippen LogP contribution in [0.15, 0.2) is 53.7 Å². The summed E-state index contributed by atoms with van der Waals surface area (Å²) in [6.07, 6.45) is 2.98. The van der Waals surface area contributed by atoms with Crippen LogP contribution < -0.4 is 4.72 Å². The number of fused-ring (bicyclic) bond motifs is 1. The molecule has 0 aliphatic heterocycles. The number of rotatable bonds is 3. The molecule has 1 aromatic carbocycles. The predicted molar refractivity (Wildman–Crippen MR) is 79.6 cm³/mol. The summed E-state index contributed by atoms with van der Waals surface area (Å²) < 4.78 is 27.3. The topological polar surface area (TPSA) is 84.8 Å². The van der Waals surface area contributed by atoms with E-state index >= 15 is 0 Å². The predicted octanol–water partition coefficient (Wildman–Crippen LogP) is 2.48. The molecule has 2 aromatic heterocycles. The highest BCUT2D eigenvalue weighted by atomic mass is 35.5. The summed E-state index contributed by atoms with van der Waals surface area (Å²) in [5, 5.41) is 0.502. The average Bonchev–Trinajstić information content (AvgIpc) is 2.46. The molecule has 8 heteroatoms. The van der Waals surface area contributed by atoms with E-state index in [4.69, 9.17) is 11.6 Å². The van der Waals surface area contributed by atoms with Gasteiger partial charge < -0.3 is 0 Å². The van der Waals surface area contributed by atoms with Gasteiger partial charge in [0.25, 0.3) is 10.0 Å². The smallest absolute Gasteiger partial charge is 0.263 e. The van der Waals surface area contributed by atoms with Gasteiger partial charge in [0.2, 0.25) is 5.28 Å². The number of sulfonamides is 1. The molecule has 0 radical (unpaired) electrons. The Morgan fingerprint density at radius 1 is 1.00 bits per heavy atom. The quantitative estimate of drug-likeness (QED) is 0.749. The van der Waals surface area contributed by atoms with Crippen LogP contribution in [0.25, 0.3) is 10.9 Å². The summed E-state index contributed by atoms with van der Waals surface area (Å²) in [5.74, 6) is 0.107. The SMILES string of the molecule is O=S(=O)(Nc1ccnc(Cl)n1)c1cccc2ncccc12. The fourth-order valence-electron chi connectivity index (χ4n) is 1.89. The lowest BCUT2D eigenvalue weighted by molar-refractivity contribution is 0.602. The molecule has 0 saturated heterocycles. The number of nitrogens with one attached hydrogen (secondary N) is 1. The number of hydrogen-bond acceptors (Lipinski definition) is 5. The Labute approximate surface area is 125 Å². The van der Waals surface area contributed by atoms with Gasteiger partial charge in [-0.3, -0.25) is 9.71 Å². The minimum Gasteiger partial charge on any atom is -0.263 e. The molecule has 6 nitrogen and oxygen atoms in total. The second kappa shape index (κ2) is 5.27. The van der Waals surface area contributed by atoms with Crippen molar-refractivity contribution in [1.82, 2.24) is 15.0 Å². The van der Waals surface area contributed by atoms with Crippen molar-refractivity contribution in [2.24, 2.45) is 0 Å². The molecule has 0 unspecified atom stereocenters. The summed E-state index contributed by atoms with van der Waals surface area (Å²) >= 11 is 5.65. The Morgan fingerprint density at radius 3 is 2.67 bits per heavy atom. The number of nitrogens with zero attached hydrogens (tertiary/aromatic N) is 3. The molecule has 106 valence electrons. The molecule has 0 bridgehead atoms. The van der Waals surface area contributed by atoms with Gasteiger partial charge >= 0.3 is 0 Å². The zero-order chi connectivity index (χ0) is 14.9. The first-order valence-electron chi connectivity index (χ1n) is 5.91. The van der Waals surface area contributed by atoms with Crippen molar-refractivity contribution in [2.75, 3.05) is 4.72 Å². The molecule has 0 amide bonds.